The third-order valence-corrected chi connectivity index (χ3v) is 8.74. The van der Waals surface area contributed by atoms with E-state index in [4.69, 9.17) is 11.6 Å². The number of hydrogen-bond donors (Lipinski definition) is 0. The molecule has 0 saturated carbocycles. The summed E-state index contributed by atoms with van der Waals surface area (Å²) in [6, 6.07) is 7.81. The smallest absolute Gasteiger partial charge is 0.227 e. The zero-order valence-corrected chi connectivity index (χ0v) is 18.5. The van der Waals surface area contributed by atoms with Gasteiger partial charge < -0.3 is 9.47 Å². The molecule has 0 aliphatic carbocycles. The molecule has 0 unspecified atom stereocenters. The van der Waals surface area contributed by atoms with Crippen LogP contribution < -0.4 is 0 Å². The van der Waals surface area contributed by atoms with Crippen LogP contribution in [0, 0.1) is 5.82 Å². The van der Waals surface area contributed by atoms with Gasteiger partial charge in [-0.25, -0.2) is 17.8 Å². The van der Waals surface area contributed by atoms with Gasteiger partial charge in [-0.3, -0.25) is 4.79 Å². The van der Waals surface area contributed by atoms with Crippen molar-refractivity contribution in [1.29, 1.82) is 0 Å². The Balaban J connectivity index is 1.53. The van der Waals surface area contributed by atoms with Crippen LogP contribution in [0.3, 0.4) is 0 Å². The molecule has 0 bridgehead atoms. The SMILES string of the molecule is Cn1cnc(-c2ccc([C@H]3CN(C(=O)Cc4ccc(F)c(Cl)c4)CCS3(=O)=O)s2)c1. The van der Waals surface area contributed by atoms with Gasteiger partial charge in [-0.2, -0.15) is 0 Å². The normalized spacial score (nSPS) is 18.5. The van der Waals surface area contributed by atoms with Crippen LogP contribution in [0.15, 0.2) is 42.9 Å². The van der Waals surface area contributed by atoms with Crippen molar-refractivity contribution in [2.75, 3.05) is 18.8 Å². The minimum atomic E-state index is -3.37. The van der Waals surface area contributed by atoms with Gasteiger partial charge in [-0.1, -0.05) is 17.7 Å². The molecule has 10 heteroatoms. The van der Waals surface area contributed by atoms with Crippen LogP contribution in [0.2, 0.25) is 5.02 Å². The van der Waals surface area contributed by atoms with Crippen molar-refractivity contribution in [1.82, 2.24) is 14.5 Å². The summed E-state index contributed by atoms with van der Waals surface area (Å²) in [6.07, 6.45) is 3.60. The zero-order chi connectivity index (χ0) is 21.5. The van der Waals surface area contributed by atoms with E-state index in [-0.39, 0.29) is 36.2 Å². The highest BCUT2D eigenvalue weighted by molar-refractivity contribution is 7.91. The van der Waals surface area contributed by atoms with Crippen molar-refractivity contribution >= 4 is 38.7 Å². The number of rotatable bonds is 4. The van der Waals surface area contributed by atoms with E-state index in [1.54, 1.807) is 17.3 Å². The molecule has 1 saturated heterocycles. The lowest BCUT2D eigenvalue weighted by Crippen LogP contribution is -2.45. The van der Waals surface area contributed by atoms with Crippen molar-refractivity contribution in [2.45, 2.75) is 11.7 Å². The van der Waals surface area contributed by atoms with Crippen LogP contribution in [0.1, 0.15) is 15.7 Å². The minimum Gasteiger partial charge on any atom is -0.340 e. The molecule has 1 atom stereocenters. The Morgan fingerprint density at radius 3 is 2.83 bits per heavy atom. The molecule has 4 rings (SSSR count). The average Bonchev–Trinajstić information content (AvgIpc) is 3.33. The lowest BCUT2D eigenvalue weighted by molar-refractivity contribution is -0.130. The van der Waals surface area contributed by atoms with Crippen molar-refractivity contribution < 1.29 is 17.6 Å². The van der Waals surface area contributed by atoms with E-state index in [1.807, 2.05) is 23.9 Å². The number of thiophene rings is 1. The average molecular weight is 468 g/mol. The van der Waals surface area contributed by atoms with E-state index in [1.165, 1.54) is 29.5 Å². The van der Waals surface area contributed by atoms with E-state index in [0.29, 0.717) is 10.4 Å². The molecule has 3 heterocycles. The number of amides is 1. The van der Waals surface area contributed by atoms with Gasteiger partial charge in [0.2, 0.25) is 5.91 Å². The summed E-state index contributed by atoms with van der Waals surface area (Å²) in [6.45, 7) is 0.239. The summed E-state index contributed by atoms with van der Waals surface area (Å²) in [5.41, 5.74) is 1.37. The minimum absolute atomic E-state index is 0.0381. The molecule has 1 aliphatic rings. The van der Waals surface area contributed by atoms with Crippen LogP contribution in [0.4, 0.5) is 4.39 Å². The van der Waals surface area contributed by atoms with Gasteiger partial charge in [-0.05, 0) is 29.8 Å². The van der Waals surface area contributed by atoms with Crippen LogP contribution in [0.5, 0.6) is 0 Å². The molecule has 0 spiro atoms. The maximum absolute atomic E-state index is 13.3. The molecule has 0 N–H and O–H groups in total. The molecule has 2 aromatic heterocycles. The van der Waals surface area contributed by atoms with E-state index in [9.17, 15) is 17.6 Å². The van der Waals surface area contributed by atoms with E-state index in [2.05, 4.69) is 4.98 Å². The molecule has 6 nitrogen and oxygen atoms in total. The Morgan fingerprint density at radius 2 is 2.13 bits per heavy atom. The molecular formula is C20H19ClFN3O3S2. The third-order valence-electron chi connectivity index (χ3n) is 5.06. The summed E-state index contributed by atoms with van der Waals surface area (Å²) in [5, 5.41) is -0.811. The van der Waals surface area contributed by atoms with Crippen molar-refractivity contribution in [3.63, 3.8) is 0 Å². The van der Waals surface area contributed by atoms with E-state index >= 15 is 0 Å². The fourth-order valence-electron chi connectivity index (χ4n) is 3.42. The van der Waals surface area contributed by atoms with Gasteiger partial charge >= 0.3 is 0 Å². The van der Waals surface area contributed by atoms with Crippen molar-refractivity contribution in [2.24, 2.45) is 7.05 Å². The van der Waals surface area contributed by atoms with Crippen LogP contribution >= 0.6 is 22.9 Å². The van der Waals surface area contributed by atoms with Gasteiger partial charge in [0.25, 0.3) is 0 Å². The summed E-state index contributed by atoms with van der Waals surface area (Å²) < 4.78 is 40.6. The monoisotopic (exact) mass is 467 g/mol. The van der Waals surface area contributed by atoms with Crippen molar-refractivity contribution in [3.8, 4) is 10.6 Å². The summed E-state index contributed by atoms with van der Waals surface area (Å²) >= 11 is 7.17. The number of benzene rings is 1. The number of aromatic nitrogens is 2. The largest absolute Gasteiger partial charge is 0.340 e. The quantitative estimate of drug-likeness (QED) is 0.589. The highest BCUT2D eigenvalue weighted by Crippen LogP contribution is 2.36. The first-order valence-corrected chi connectivity index (χ1v) is 12.2. The molecule has 3 aromatic rings. The maximum Gasteiger partial charge on any atom is 0.227 e. The standard InChI is InChI=1S/C20H19ClFN3O3S2/c1-24-10-16(23-12-24)17-4-5-18(29-17)19-11-25(6-7-30(19,27)28)20(26)9-13-2-3-15(22)14(21)8-13/h2-5,8,10,12,19H,6-7,9,11H2,1H3/t19-/m1/s1. The van der Waals surface area contributed by atoms with Gasteiger partial charge in [0.1, 0.15) is 11.1 Å². The fourth-order valence-corrected chi connectivity index (χ4v) is 6.75. The number of sulfone groups is 1. The summed E-state index contributed by atoms with van der Waals surface area (Å²) in [7, 11) is -1.50. The van der Waals surface area contributed by atoms with Gasteiger partial charge in [0.15, 0.2) is 9.84 Å². The lowest BCUT2D eigenvalue weighted by Gasteiger charge is -2.32. The Morgan fingerprint density at radius 1 is 1.33 bits per heavy atom. The molecule has 1 amide bonds. The van der Waals surface area contributed by atoms with Crippen LogP contribution in [-0.4, -0.2) is 47.6 Å². The second-order valence-corrected chi connectivity index (χ2v) is 11.1. The Kier molecular flexibility index (Phi) is 5.69. The van der Waals surface area contributed by atoms with E-state index < -0.39 is 20.9 Å². The Hall–Kier alpha value is -2.23. The highest BCUT2D eigenvalue weighted by atomic mass is 35.5. The number of carbonyl (C=O) groups excluding carboxylic acids is 1. The topological polar surface area (TPSA) is 72.3 Å². The zero-order valence-electron chi connectivity index (χ0n) is 16.1. The summed E-state index contributed by atoms with van der Waals surface area (Å²) in [5.74, 6) is -0.845. The van der Waals surface area contributed by atoms with Crippen LogP contribution in [0.25, 0.3) is 10.6 Å². The first kappa shape index (κ1) is 21.0. The van der Waals surface area contributed by atoms with Gasteiger partial charge in [0.05, 0.1) is 34.1 Å². The van der Waals surface area contributed by atoms with Gasteiger partial charge in [0, 0.05) is 31.2 Å². The first-order chi connectivity index (χ1) is 14.2. The molecule has 1 aromatic carbocycles. The number of nitrogens with zero attached hydrogens (tertiary/aromatic N) is 3. The molecule has 158 valence electrons. The second kappa shape index (κ2) is 8.13. The van der Waals surface area contributed by atoms with Crippen LogP contribution in [-0.2, 0) is 28.1 Å². The molecule has 1 aliphatic heterocycles. The number of halogens is 2. The lowest BCUT2D eigenvalue weighted by atomic mass is 10.1. The Labute approximate surface area is 182 Å². The van der Waals surface area contributed by atoms with E-state index in [0.717, 1.165) is 10.6 Å². The molecule has 0 radical (unpaired) electrons. The number of hydrogen-bond acceptors (Lipinski definition) is 5. The second-order valence-electron chi connectivity index (χ2n) is 7.25. The predicted molar refractivity (Wildman–Crippen MR) is 115 cm³/mol. The summed E-state index contributed by atoms with van der Waals surface area (Å²) in [4.78, 5) is 20.2. The molecule has 30 heavy (non-hydrogen) atoms. The number of imidazole rings is 1. The number of carbonyl (C=O) groups is 1. The highest BCUT2D eigenvalue weighted by Gasteiger charge is 2.37. The predicted octanol–water partition coefficient (Wildman–Crippen LogP) is 3.48. The third kappa shape index (κ3) is 4.28. The number of aryl methyl sites for hydroxylation is 1. The fraction of sp³-hybridized carbons (Fsp3) is 0.300. The van der Waals surface area contributed by atoms with Gasteiger partial charge in [-0.15, -0.1) is 11.3 Å². The van der Waals surface area contributed by atoms with Crippen molar-refractivity contribution in [3.05, 3.63) is 64.1 Å². The molecular weight excluding hydrogens is 449 g/mol. The Bertz CT molecular complexity index is 1210. The maximum atomic E-state index is 13.3. The first-order valence-electron chi connectivity index (χ1n) is 9.24. The molecule has 1 fully saturated rings.